The Kier molecular flexibility index (Phi) is 5.03. The van der Waals surface area contributed by atoms with Crippen molar-refractivity contribution in [2.24, 2.45) is 0 Å². The normalized spacial score (nSPS) is 10.2. The van der Waals surface area contributed by atoms with Gasteiger partial charge in [0.1, 0.15) is 23.0 Å². The number of nitrogens with one attached hydrogen (secondary N) is 2. The second-order valence-corrected chi connectivity index (χ2v) is 5.54. The molecule has 0 aromatic heterocycles. The Morgan fingerprint density at radius 3 is 1.38 bits per heavy atom. The maximum absolute atomic E-state index is 10.4. The molecule has 6 heteroatoms. The van der Waals surface area contributed by atoms with Crippen LogP contribution in [0.3, 0.4) is 0 Å². The zero-order valence-electron chi connectivity index (χ0n) is 14.5. The van der Waals surface area contributed by atoms with E-state index in [1.807, 2.05) is 36.4 Å². The summed E-state index contributed by atoms with van der Waals surface area (Å²) >= 11 is 0. The highest BCUT2D eigenvalue weighted by Gasteiger charge is 2.12. The van der Waals surface area contributed by atoms with Crippen LogP contribution < -0.4 is 20.1 Å². The van der Waals surface area contributed by atoms with Gasteiger partial charge in [-0.05, 0) is 24.3 Å². The van der Waals surface area contributed by atoms with E-state index >= 15 is 0 Å². The number of methoxy groups -OCH3 is 2. The summed E-state index contributed by atoms with van der Waals surface area (Å²) in [5.41, 5.74) is 2.07. The van der Waals surface area contributed by atoms with E-state index in [2.05, 4.69) is 10.6 Å². The topological polar surface area (TPSA) is 83.0 Å². The molecule has 0 amide bonds. The number of hydrogen-bond donors (Lipinski definition) is 4. The maximum Gasteiger partial charge on any atom is 0.142 e. The zero-order valence-corrected chi connectivity index (χ0v) is 14.5. The summed E-state index contributed by atoms with van der Waals surface area (Å²) in [6, 6.07) is 17.5. The third kappa shape index (κ3) is 3.59. The molecule has 26 heavy (non-hydrogen) atoms. The minimum Gasteiger partial charge on any atom is -0.506 e. The van der Waals surface area contributed by atoms with Crippen LogP contribution in [-0.2, 0) is 0 Å². The monoisotopic (exact) mass is 352 g/mol. The van der Waals surface area contributed by atoms with Crippen LogP contribution in [0, 0.1) is 0 Å². The lowest BCUT2D eigenvalue weighted by molar-refractivity contribution is 0.416. The molecule has 0 spiro atoms. The third-order valence-corrected chi connectivity index (χ3v) is 3.87. The highest BCUT2D eigenvalue weighted by molar-refractivity contribution is 5.79. The van der Waals surface area contributed by atoms with Crippen molar-refractivity contribution in [3.8, 4) is 23.0 Å². The van der Waals surface area contributed by atoms with Crippen molar-refractivity contribution >= 4 is 22.7 Å². The van der Waals surface area contributed by atoms with E-state index in [-0.39, 0.29) is 11.5 Å². The van der Waals surface area contributed by atoms with Crippen LogP contribution in [0.1, 0.15) is 0 Å². The summed E-state index contributed by atoms with van der Waals surface area (Å²) < 4.78 is 10.6. The molecule has 6 nitrogen and oxygen atoms in total. The molecule has 0 unspecified atom stereocenters. The smallest absolute Gasteiger partial charge is 0.142 e. The van der Waals surface area contributed by atoms with Gasteiger partial charge >= 0.3 is 0 Å². The molecule has 0 saturated heterocycles. The Bertz CT molecular complexity index is 837. The highest BCUT2D eigenvalue weighted by Crippen LogP contribution is 2.40. The highest BCUT2D eigenvalue weighted by atomic mass is 16.5. The summed E-state index contributed by atoms with van der Waals surface area (Å²) in [6.07, 6.45) is 0. The van der Waals surface area contributed by atoms with E-state index in [1.54, 1.807) is 26.4 Å². The molecule has 134 valence electrons. The molecule has 0 aliphatic carbocycles. The largest absolute Gasteiger partial charge is 0.506 e. The van der Waals surface area contributed by atoms with Crippen LogP contribution >= 0.6 is 0 Å². The fraction of sp³-hybridized carbons (Fsp3) is 0.100. The number of benzene rings is 3. The average molecular weight is 352 g/mol. The van der Waals surface area contributed by atoms with Crippen molar-refractivity contribution < 1.29 is 19.7 Å². The maximum atomic E-state index is 10.4. The van der Waals surface area contributed by atoms with Gasteiger partial charge in [0.2, 0.25) is 0 Å². The van der Waals surface area contributed by atoms with Crippen LogP contribution in [0.15, 0.2) is 60.7 Å². The van der Waals surface area contributed by atoms with Crippen molar-refractivity contribution in [3.05, 3.63) is 60.7 Å². The number of anilines is 4. The first-order valence-corrected chi connectivity index (χ1v) is 7.98. The van der Waals surface area contributed by atoms with Gasteiger partial charge in [-0.3, -0.25) is 0 Å². The number of ether oxygens (including phenoxy) is 2. The van der Waals surface area contributed by atoms with Crippen LogP contribution in [0.4, 0.5) is 22.7 Å². The van der Waals surface area contributed by atoms with E-state index in [4.69, 9.17) is 9.47 Å². The quantitative estimate of drug-likeness (QED) is 0.383. The van der Waals surface area contributed by atoms with E-state index < -0.39 is 0 Å². The zero-order chi connectivity index (χ0) is 18.5. The lowest BCUT2D eigenvalue weighted by atomic mass is 10.2. The first kappa shape index (κ1) is 17.3. The molecule has 4 N–H and O–H groups in total. The summed E-state index contributed by atoms with van der Waals surface area (Å²) in [5, 5.41) is 26.8. The van der Waals surface area contributed by atoms with Crippen LogP contribution in [0.5, 0.6) is 23.0 Å². The molecule has 0 atom stereocenters. The fourth-order valence-corrected chi connectivity index (χ4v) is 2.56. The molecular formula is C20H20N2O4. The average Bonchev–Trinajstić information content (AvgIpc) is 2.66. The molecule has 3 aromatic rings. The van der Waals surface area contributed by atoms with Gasteiger partial charge in [0.15, 0.2) is 0 Å². The van der Waals surface area contributed by atoms with Gasteiger partial charge in [-0.2, -0.15) is 0 Å². The minimum absolute atomic E-state index is 0.0221. The van der Waals surface area contributed by atoms with Gasteiger partial charge < -0.3 is 30.3 Å². The third-order valence-electron chi connectivity index (χ3n) is 3.87. The van der Waals surface area contributed by atoms with Gasteiger partial charge in [0.05, 0.1) is 37.0 Å². The second-order valence-electron chi connectivity index (χ2n) is 5.54. The molecule has 3 aromatic carbocycles. The van der Waals surface area contributed by atoms with Crippen LogP contribution in [0.2, 0.25) is 0 Å². The minimum atomic E-state index is -0.0221. The lowest BCUT2D eigenvalue weighted by Gasteiger charge is -2.16. The standard InChI is InChI=1S/C20H20N2O4/c1-25-19-9-5-3-7-13(19)21-15-11-18(24)16(12-17(15)23)22-14-8-4-6-10-20(14)26-2/h3-12,21-24H,1-2H3. The Morgan fingerprint density at radius 1 is 0.615 bits per heavy atom. The van der Waals surface area contributed by atoms with Gasteiger partial charge in [0, 0.05) is 12.1 Å². The molecular weight excluding hydrogens is 332 g/mol. The molecule has 0 aliphatic rings. The fourth-order valence-electron chi connectivity index (χ4n) is 2.56. The Morgan fingerprint density at radius 2 is 1.00 bits per heavy atom. The number of aromatic hydroxyl groups is 2. The van der Waals surface area contributed by atoms with Gasteiger partial charge in [-0.15, -0.1) is 0 Å². The lowest BCUT2D eigenvalue weighted by Crippen LogP contribution is -1.97. The molecule has 0 bridgehead atoms. The van der Waals surface area contributed by atoms with E-state index in [9.17, 15) is 10.2 Å². The number of hydrogen-bond acceptors (Lipinski definition) is 6. The van der Waals surface area contributed by atoms with Gasteiger partial charge in [0.25, 0.3) is 0 Å². The number of phenols is 2. The van der Waals surface area contributed by atoms with Crippen molar-refractivity contribution in [2.45, 2.75) is 0 Å². The van der Waals surface area contributed by atoms with Crippen LogP contribution in [-0.4, -0.2) is 24.4 Å². The van der Waals surface area contributed by atoms with E-state index in [0.717, 1.165) is 0 Å². The first-order valence-electron chi connectivity index (χ1n) is 7.98. The molecule has 0 aliphatic heterocycles. The predicted octanol–water partition coefficient (Wildman–Crippen LogP) is 4.60. The summed E-state index contributed by atoms with van der Waals surface area (Å²) in [6.45, 7) is 0. The molecule has 0 saturated carbocycles. The van der Waals surface area contributed by atoms with Crippen molar-refractivity contribution in [1.29, 1.82) is 0 Å². The van der Waals surface area contributed by atoms with Crippen LogP contribution in [0.25, 0.3) is 0 Å². The van der Waals surface area contributed by atoms with Crippen molar-refractivity contribution in [2.75, 3.05) is 24.9 Å². The predicted molar refractivity (Wildman–Crippen MR) is 102 cm³/mol. The molecule has 3 rings (SSSR count). The SMILES string of the molecule is COc1ccccc1Nc1cc(O)c(Nc2ccccc2OC)cc1O. The summed E-state index contributed by atoms with van der Waals surface area (Å²) in [4.78, 5) is 0. The van der Waals surface area contributed by atoms with Crippen molar-refractivity contribution in [3.63, 3.8) is 0 Å². The summed E-state index contributed by atoms with van der Waals surface area (Å²) in [5.74, 6) is 1.21. The van der Waals surface area contributed by atoms with Gasteiger partial charge in [-0.25, -0.2) is 0 Å². The number of phenolic OH excluding ortho intramolecular Hbond substituents is 2. The Labute approximate surface area is 151 Å². The first-order chi connectivity index (χ1) is 12.6. The van der Waals surface area contributed by atoms with E-state index in [0.29, 0.717) is 34.2 Å². The Hall–Kier alpha value is -3.54. The summed E-state index contributed by atoms with van der Waals surface area (Å²) in [7, 11) is 3.14. The Balaban J connectivity index is 1.89. The van der Waals surface area contributed by atoms with Gasteiger partial charge in [-0.1, -0.05) is 24.3 Å². The van der Waals surface area contributed by atoms with Crippen molar-refractivity contribution in [1.82, 2.24) is 0 Å². The number of rotatable bonds is 6. The molecule has 0 radical (unpaired) electrons. The van der Waals surface area contributed by atoms with E-state index in [1.165, 1.54) is 12.1 Å². The molecule has 0 fully saturated rings. The molecule has 0 heterocycles. The number of para-hydroxylation sites is 4. The second kappa shape index (κ2) is 7.57.